The number of rotatable bonds is 5. The van der Waals surface area contributed by atoms with Gasteiger partial charge >= 0.3 is 0 Å². The Morgan fingerprint density at radius 3 is 3.00 bits per heavy atom. The molecule has 2 N–H and O–H groups in total. The molecule has 0 spiro atoms. The molecule has 6 heteroatoms. The Labute approximate surface area is 113 Å². The summed E-state index contributed by atoms with van der Waals surface area (Å²) in [6.07, 6.45) is 2.78. The highest BCUT2D eigenvalue weighted by molar-refractivity contribution is 9.10. The van der Waals surface area contributed by atoms with Gasteiger partial charge in [0.05, 0.1) is 18.3 Å². The van der Waals surface area contributed by atoms with Crippen LogP contribution in [0, 0.1) is 5.82 Å². The van der Waals surface area contributed by atoms with Crippen LogP contribution in [0.4, 0.5) is 10.1 Å². The maximum atomic E-state index is 13.5. The molecular weight excluding hydrogens is 301 g/mol. The second-order valence-corrected chi connectivity index (χ2v) is 4.80. The molecule has 1 atom stereocenters. The first-order chi connectivity index (χ1) is 8.65. The lowest BCUT2D eigenvalue weighted by Gasteiger charge is -2.13. The molecule has 96 valence electrons. The summed E-state index contributed by atoms with van der Waals surface area (Å²) in [6.45, 7) is 0.635. The van der Waals surface area contributed by atoms with Gasteiger partial charge in [-0.05, 0) is 24.3 Å². The normalized spacial score (nSPS) is 12.4. The molecule has 0 fully saturated rings. The number of hydrogen-bond donors (Lipinski definition) is 2. The molecular formula is C12H13BrFN3O. The topological polar surface area (TPSA) is 50.1 Å². The third-order valence-electron chi connectivity index (χ3n) is 2.42. The Kier molecular flexibility index (Phi) is 4.33. The van der Waals surface area contributed by atoms with E-state index in [1.165, 1.54) is 6.07 Å². The van der Waals surface area contributed by atoms with Crippen molar-refractivity contribution in [2.75, 3.05) is 11.9 Å². The first-order valence-electron chi connectivity index (χ1n) is 5.49. The van der Waals surface area contributed by atoms with Crippen LogP contribution < -0.4 is 5.32 Å². The zero-order valence-corrected chi connectivity index (χ0v) is 11.1. The predicted molar refractivity (Wildman–Crippen MR) is 70.8 cm³/mol. The van der Waals surface area contributed by atoms with Crippen LogP contribution in [0.3, 0.4) is 0 Å². The molecule has 18 heavy (non-hydrogen) atoms. The van der Waals surface area contributed by atoms with E-state index in [0.717, 1.165) is 0 Å². The van der Waals surface area contributed by atoms with Crippen molar-refractivity contribution in [1.29, 1.82) is 0 Å². The number of aliphatic hydroxyl groups excluding tert-OH is 1. The van der Waals surface area contributed by atoms with E-state index in [4.69, 9.17) is 0 Å². The van der Waals surface area contributed by atoms with E-state index in [9.17, 15) is 9.50 Å². The summed E-state index contributed by atoms with van der Waals surface area (Å²) in [7, 11) is 0. The quantitative estimate of drug-likeness (QED) is 0.890. The van der Waals surface area contributed by atoms with Gasteiger partial charge in [0.1, 0.15) is 5.82 Å². The number of aliphatic hydroxyl groups is 1. The van der Waals surface area contributed by atoms with Gasteiger partial charge in [0.25, 0.3) is 0 Å². The number of aromatic nitrogens is 2. The summed E-state index contributed by atoms with van der Waals surface area (Å²) >= 11 is 3.19. The molecule has 0 aliphatic rings. The van der Waals surface area contributed by atoms with Gasteiger partial charge in [-0.2, -0.15) is 5.10 Å². The zero-order chi connectivity index (χ0) is 13.0. The van der Waals surface area contributed by atoms with Gasteiger partial charge in [-0.3, -0.25) is 4.68 Å². The van der Waals surface area contributed by atoms with Crippen molar-refractivity contribution < 1.29 is 9.50 Å². The lowest BCUT2D eigenvalue weighted by atomic mass is 10.3. The lowest BCUT2D eigenvalue weighted by Crippen LogP contribution is -2.25. The molecule has 0 saturated heterocycles. The summed E-state index contributed by atoms with van der Waals surface area (Å²) in [6, 6.07) is 6.53. The zero-order valence-electron chi connectivity index (χ0n) is 9.55. The minimum Gasteiger partial charge on any atom is -0.389 e. The van der Waals surface area contributed by atoms with E-state index in [1.807, 2.05) is 0 Å². The Bertz CT molecular complexity index is 504. The van der Waals surface area contributed by atoms with Crippen molar-refractivity contribution in [1.82, 2.24) is 9.78 Å². The van der Waals surface area contributed by atoms with Gasteiger partial charge in [0, 0.05) is 23.4 Å². The summed E-state index contributed by atoms with van der Waals surface area (Å²) in [5.41, 5.74) is 0.373. The summed E-state index contributed by atoms with van der Waals surface area (Å²) in [5, 5.41) is 16.6. The van der Waals surface area contributed by atoms with Gasteiger partial charge in [-0.15, -0.1) is 0 Å². The molecule has 0 aliphatic heterocycles. The van der Waals surface area contributed by atoms with Crippen molar-refractivity contribution >= 4 is 21.6 Å². The minimum atomic E-state index is -0.632. The third kappa shape index (κ3) is 3.54. The molecule has 2 rings (SSSR count). The van der Waals surface area contributed by atoms with Crippen LogP contribution in [0.5, 0.6) is 0 Å². The number of halogens is 2. The molecule has 4 nitrogen and oxygen atoms in total. The maximum Gasteiger partial charge on any atom is 0.147 e. The summed E-state index contributed by atoms with van der Waals surface area (Å²) in [5.74, 6) is -0.351. The Balaban J connectivity index is 1.87. The predicted octanol–water partition coefficient (Wildman–Crippen LogP) is 2.26. The van der Waals surface area contributed by atoms with Crippen molar-refractivity contribution in [3.8, 4) is 0 Å². The largest absolute Gasteiger partial charge is 0.389 e. The second kappa shape index (κ2) is 5.97. The Morgan fingerprint density at radius 1 is 1.50 bits per heavy atom. The fourth-order valence-electron chi connectivity index (χ4n) is 1.55. The fraction of sp³-hybridized carbons (Fsp3) is 0.250. The molecule has 0 aliphatic carbocycles. The highest BCUT2D eigenvalue weighted by Crippen LogP contribution is 2.19. The van der Waals surface area contributed by atoms with Gasteiger partial charge in [-0.25, -0.2) is 4.39 Å². The second-order valence-electron chi connectivity index (χ2n) is 3.89. The highest BCUT2D eigenvalue weighted by atomic mass is 79.9. The molecule has 1 heterocycles. The van der Waals surface area contributed by atoms with E-state index in [2.05, 4.69) is 26.3 Å². The smallest absolute Gasteiger partial charge is 0.147 e. The molecule has 1 aromatic carbocycles. The van der Waals surface area contributed by atoms with E-state index in [-0.39, 0.29) is 12.4 Å². The van der Waals surface area contributed by atoms with Crippen molar-refractivity contribution in [3.63, 3.8) is 0 Å². The molecule has 0 radical (unpaired) electrons. The van der Waals surface area contributed by atoms with Crippen LogP contribution in [0.25, 0.3) is 0 Å². The van der Waals surface area contributed by atoms with Crippen LogP contribution in [-0.4, -0.2) is 27.5 Å². The third-order valence-corrected chi connectivity index (χ3v) is 2.91. The van der Waals surface area contributed by atoms with Crippen molar-refractivity contribution in [2.45, 2.75) is 12.6 Å². The monoisotopic (exact) mass is 313 g/mol. The number of hydrogen-bond acceptors (Lipinski definition) is 3. The number of benzene rings is 1. The molecule has 2 aromatic rings. The van der Waals surface area contributed by atoms with E-state index >= 15 is 0 Å². The summed E-state index contributed by atoms with van der Waals surface area (Å²) < 4.78 is 15.8. The van der Waals surface area contributed by atoms with E-state index < -0.39 is 6.10 Å². The Morgan fingerprint density at radius 2 is 2.33 bits per heavy atom. The molecule has 1 aromatic heterocycles. The molecule has 0 saturated carbocycles. The van der Waals surface area contributed by atoms with E-state index in [0.29, 0.717) is 16.7 Å². The average molecular weight is 314 g/mol. The minimum absolute atomic E-state index is 0.262. The first-order valence-corrected chi connectivity index (χ1v) is 6.29. The van der Waals surface area contributed by atoms with Crippen LogP contribution in [0.15, 0.2) is 41.1 Å². The Hall–Kier alpha value is -1.40. The lowest BCUT2D eigenvalue weighted by molar-refractivity contribution is 0.161. The average Bonchev–Trinajstić information content (AvgIpc) is 2.80. The van der Waals surface area contributed by atoms with Crippen molar-refractivity contribution in [2.24, 2.45) is 0 Å². The number of anilines is 1. The summed E-state index contributed by atoms with van der Waals surface area (Å²) in [4.78, 5) is 0. The standard InChI is InChI=1S/C12H13BrFN3O/c13-9-2-3-12(11(14)6-9)15-7-10(18)8-17-5-1-4-16-17/h1-6,10,15,18H,7-8H2. The highest BCUT2D eigenvalue weighted by Gasteiger charge is 2.07. The molecule has 0 amide bonds. The van der Waals surface area contributed by atoms with Gasteiger partial charge in [0.15, 0.2) is 0 Å². The SMILES string of the molecule is OC(CNc1ccc(Br)cc1F)Cn1cccn1. The number of nitrogens with one attached hydrogen (secondary N) is 1. The van der Waals surface area contributed by atoms with Crippen LogP contribution in [0.2, 0.25) is 0 Å². The molecule has 1 unspecified atom stereocenters. The van der Waals surface area contributed by atoms with Crippen LogP contribution in [-0.2, 0) is 6.54 Å². The van der Waals surface area contributed by atoms with Crippen molar-refractivity contribution in [3.05, 3.63) is 46.9 Å². The van der Waals surface area contributed by atoms with Gasteiger partial charge in [0.2, 0.25) is 0 Å². The number of nitrogens with zero attached hydrogens (tertiary/aromatic N) is 2. The molecule has 0 bridgehead atoms. The van der Waals surface area contributed by atoms with E-state index in [1.54, 1.807) is 35.3 Å². The van der Waals surface area contributed by atoms with Crippen LogP contribution >= 0.6 is 15.9 Å². The van der Waals surface area contributed by atoms with Crippen LogP contribution in [0.1, 0.15) is 0 Å². The first kappa shape index (κ1) is 13.0. The fourth-order valence-corrected chi connectivity index (χ4v) is 1.88. The van der Waals surface area contributed by atoms with Gasteiger partial charge in [-0.1, -0.05) is 15.9 Å². The maximum absolute atomic E-state index is 13.5. The van der Waals surface area contributed by atoms with Gasteiger partial charge < -0.3 is 10.4 Å².